The molecule has 0 radical (unpaired) electrons. The van der Waals surface area contributed by atoms with E-state index in [0.29, 0.717) is 39.9 Å². The first-order chi connectivity index (χ1) is 17.0. The molecular formula is C27H25ClN4O3. The number of amides is 2. The third-order valence-corrected chi connectivity index (χ3v) is 6.69. The standard InChI is InChI=1S/C27H25ClN4O3/c28-19-9-11-20(12-10-19)30-13-15-31(16-14-30)26(34)17-29-25(33)18-32-23-7-3-1-5-21(23)27(35)22-6-2-4-8-24(22)32/h1-12H,13-18H2,(H,29,33). The van der Waals surface area contributed by atoms with E-state index in [1.807, 2.05) is 65.2 Å². The maximum absolute atomic E-state index is 12.9. The van der Waals surface area contributed by atoms with Crippen LogP contribution in [0.2, 0.25) is 5.02 Å². The number of aromatic nitrogens is 1. The monoisotopic (exact) mass is 488 g/mol. The van der Waals surface area contributed by atoms with Gasteiger partial charge in [-0.15, -0.1) is 0 Å². The first-order valence-electron chi connectivity index (χ1n) is 11.6. The van der Waals surface area contributed by atoms with Crippen molar-refractivity contribution in [3.63, 3.8) is 0 Å². The van der Waals surface area contributed by atoms with Crippen molar-refractivity contribution in [1.82, 2.24) is 14.8 Å². The van der Waals surface area contributed by atoms with Gasteiger partial charge in [0, 0.05) is 47.7 Å². The van der Waals surface area contributed by atoms with Gasteiger partial charge in [0.2, 0.25) is 11.8 Å². The van der Waals surface area contributed by atoms with E-state index in [1.165, 1.54) is 0 Å². The van der Waals surface area contributed by atoms with Gasteiger partial charge in [-0.1, -0.05) is 35.9 Å². The van der Waals surface area contributed by atoms with Gasteiger partial charge in [-0.2, -0.15) is 0 Å². The molecule has 3 aromatic carbocycles. The zero-order chi connectivity index (χ0) is 24.4. The van der Waals surface area contributed by atoms with E-state index in [2.05, 4.69) is 10.2 Å². The molecule has 2 amide bonds. The van der Waals surface area contributed by atoms with Gasteiger partial charge in [0.15, 0.2) is 5.43 Å². The summed E-state index contributed by atoms with van der Waals surface area (Å²) in [5, 5.41) is 4.59. The molecule has 0 bridgehead atoms. The second-order valence-electron chi connectivity index (χ2n) is 8.57. The third kappa shape index (κ3) is 4.72. The van der Waals surface area contributed by atoms with Crippen LogP contribution in [0.5, 0.6) is 0 Å². The number of carbonyl (C=O) groups is 2. The molecule has 0 spiro atoms. The zero-order valence-electron chi connectivity index (χ0n) is 19.1. The van der Waals surface area contributed by atoms with Crippen molar-refractivity contribution < 1.29 is 9.59 Å². The summed E-state index contributed by atoms with van der Waals surface area (Å²) < 4.78 is 1.83. The molecular weight excluding hydrogens is 464 g/mol. The van der Waals surface area contributed by atoms with Gasteiger partial charge < -0.3 is 19.7 Å². The number of piperazine rings is 1. The van der Waals surface area contributed by atoms with Gasteiger partial charge in [0.25, 0.3) is 0 Å². The Balaban J connectivity index is 1.23. The van der Waals surface area contributed by atoms with Crippen molar-refractivity contribution in [2.45, 2.75) is 6.54 Å². The number of halogens is 1. The van der Waals surface area contributed by atoms with Crippen LogP contribution in [0.4, 0.5) is 5.69 Å². The number of nitrogens with zero attached hydrogens (tertiary/aromatic N) is 3. The molecule has 35 heavy (non-hydrogen) atoms. The summed E-state index contributed by atoms with van der Waals surface area (Å²) in [4.78, 5) is 42.4. The molecule has 0 aliphatic carbocycles. The van der Waals surface area contributed by atoms with Crippen LogP contribution in [0.15, 0.2) is 77.6 Å². The summed E-state index contributed by atoms with van der Waals surface area (Å²) in [6.45, 7) is 2.57. The second-order valence-corrected chi connectivity index (χ2v) is 9.01. The van der Waals surface area contributed by atoms with E-state index in [-0.39, 0.29) is 30.3 Å². The Kier molecular flexibility index (Phi) is 6.42. The SMILES string of the molecule is O=C(Cn1c2ccccc2c(=O)c2ccccc21)NCC(=O)N1CCN(c2ccc(Cl)cc2)CC1. The number of anilines is 1. The van der Waals surface area contributed by atoms with Crippen LogP contribution in [-0.4, -0.2) is 54.0 Å². The van der Waals surface area contributed by atoms with Crippen molar-refractivity contribution >= 4 is 50.9 Å². The lowest BCUT2D eigenvalue weighted by Crippen LogP contribution is -2.51. The fourth-order valence-corrected chi connectivity index (χ4v) is 4.72. The quantitative estimate of drug-likeness (QED) is 0.437. The summed E-state index contributed by atoms with van der Waals surface area (Å²) >= 11 is 5.97. The molecule has 1 saturated heterocycles. The predicted molar refractivity (Wildman–Crippen MR) is 139 cm³/mol. The van der Waals surface area contributed by atoms with Gasteiger partial charge in [0.05, 0.1) is 17.6 Å². The molecule has 178 valence electrons. The van der Waals surface area contributed by atoms with Crippen LogP contribution in [0.25, 0.3) is 21.8 Å². The summed E-state index contributed by atoms with van der Waals surface area (Å²) in [6, 6.07) is 22.2. The van der Waals surface area contributed by atoms with Crippen LogP contribution in [0, 0.1) is 0 Å². The molecule has 8 heteroatoms. The van der Waals surface area contributed by atoms with E-state index in [9.17, 15) is 14.4 Å². The summed E-state index contributed by atoms with van der Waals surface area (Å²) in [6.07, 6.45) is 0. The number of nitrogens with one attached hydrogen (secondary N) is 1. The van der Waals surface area contributed by atoms with E-state index in [1.54, 1.807) is 17.0 Å². The van der Waals surface area contributed by atoms with E-state index in [0.717, 1.165) is 18.8 Å². The Morgan fingerprint density at radius 1 is 0.800 bits per heavy atom. The molecule has 1 fully saturated rings. The van der Waals surface area contributed by atoms with E-state index < -0.39 is 0 Å². The second kappa shape index (κ2) is 9.80. The number of para-hydroxylation sites is 2. The minimum Gasteiger partial charge on any atom is -0.368 e. The predicted octanol–water partition coefficient (Wildman–Crippen LogP) is 3.27. The highest BCUT2D eigenvalue weighted by Crippen LogP contribution is 2.20. The largest absolute Gasteiger partial charge is 0.368 e. The first kappa shape index (κ1) is 22.9. The average molecular weight is 489 g/mol. The molecule has 1 N–H and O–H groups in total. The van der Waals surface area contributed by atoms with E-state index in [4.69, 9.17) is 11.6 Å². The van der Waals surface area contributed by atoms with Crippen molar-refractivity contribution in [1.29, 1.82) is 0 Å². The Labute approximate surface area is 207 Å². The van der Waals surface area contributed by atoms with Crippen LogP contribution in [0.1, 0.15) is 0 Å². The maximum Gasteiger partial charge on any atom is 0.242 e. The number of pyridine rings is 1. The molecule has 0 atom stereocenters. The highest BCUT2D eigenvalue weighted by atomic mass is 35.5. The Morgan fingerprint density at radius 3 is 1.97 bits per heavy atom. The molecule has 0 saturated carbocycles. The van der Waals surface area contributed by atoms with Gasteiger partial charge in [0.1, 0.15) is 6.54 Å². The molecule has 1 aliphatic heterocycles. The smallest absolute Gasteiger partial charge is 0.242 e. The van der Waals surface area contributed by atoms with Crippen molar-refractivity contribution in [2.75, 3.05) is 37.6 Å². The number of hydrogen-bond acceptors (Lipinski definition) is 4. The zero-order valence-corrected chi connectivity index (χ0v) is 19.9. The maximum atomic E-state index is 12.9. The fourth-order valence-electron chi connectivity index (χ4n) is 4.60. The number of carbonyl (C=O) groups excluding carboxylic acids is 2. The summed E-state index contributed by atoms with van der Waals surface area (Å²) in [5.41, 5.74) is 2.41. The lowest BCUT2D eigenvalue weighted by molar-refractivity contribution is -0.133. The summed E-state index contributed by atoms with van der Waals surface area (Å²) in [7, 11) is 0. The molecule has 0 unspecified atom stereocenters. The fraction of sp³-hybridized carbons (Fsp3) is 0.222. The van der Waals surface area contributed by atoms with Crippen molar-refractivity contribution in [2.24, 2.45) is 0 Å². The van der Waals surface area contributed by atoms with Crippen LogP contribution < -0.4 is 15.6 Å². The molecule has 7 nitrogen and oxygen atoms in total. The average Bonchev–Trinajstić information content (AvgIpc) is 2.90. The lowest BCUT2D eigenvalue weighted by atomic mass is 10.1. The first-order valence-corrected chi connectivity index (χ1v) is 11.9. The topological polar surface area (TPSA) is 74.6 Å². The van der Waals surface area contributed by atoms with Gasteiger partial charge in [-0.05, 0) is 48.5 Å². The van der Waals surface area contributed by atoms with Crippen LogP contribution >= 0.6 is 11.6 Å². The Bertz CT molecular complexity index is 1400. The number of fused-ring (bicyclic) bond motifs is 2. The molecule has 1 aliphatic rings. The molecule has 2 heterocycles. The normalized spacial score (nSPS) is 13.9. The van der Waals surface area contributed by atoms with Crippen LogP contribution in [-0.2, 0) is 16.1 Å². The van der Waals surface area contributed by atoms with E-state index >= 15 is 0 Å². The number of rotatable bonds is 5. The molecule has 4 aromatic rings. The molecule has 5 rings (SSSR count). The van der Waals surface area contributed by atoms with Gasteiger partial charge in [-0.3, -0.25) is 14.4 Å². The van der Waals surface area contributed by atoms with Crippen LogP contribution in [0.3, 0.4) is 0 Å². The Morgan fingerprint density at radius 2 is 1.37 bits per heavy atom. The Hall–Kier alpha value is -3.84. The highest BCUT2D eigenvalue weighted by Gasteiger charge is 2.22. The van der Waals surface area contributed by atoms with Gasteiger partial charge >= 0.3 is 0 Å². The minimum atomic E-state index is -0.280. The highest BCUT2D eigenvalue weighted by molar-refractivity contribution is 6.30. The van der Waals surface area contributed by atoms with Crippen molar-refractivity contribution in [3.8, 4) is 0 Å². The number of benzene rings is 3. The minimum absolute atomic E-state index is 0.0128. The lowest BCUT2D eigenvalue weighted by Gasteiger charge is -2.36. The summed E-state index contributed by atoms with van der Waals surface area (Å²) in [5.74, 6) is -0.388. The van der Waals surface area contributed by atoms with Crippen molar-refractivity contribution in [3.05, 3.63) is 88.0 Å². The number of hydrogen-bond donors (Lipinski definition) is 1. The molecule has 1 aromatic heterocycles. The van der Waals surface area contributed by atoms with Gasteiger partial charge in [-0.25, -0.2) is 0 Å². The third-order valence-electron chi connectivity index (χ3n) is 6.44.